The number of halogens is 1. The van der Waals surface area contributed by atoms with Gasteiger partial charge in [0.05, 0.1) is 24.4 Å². The predicted octanol–water partition coefficient (Wildman–Crippen LogP) is 3.56. The zero-order chi connectivity index (χ0) is 22.8. The normalized spacial score (nSPS) is 13.7. The fourth-order valence-electron chi connectivity index (χ4n) is 3.32. The van der Waals surface area contributed by atoms with Crippen LogP contribution < -0.4 is 10.6 Å². The number of nitrogens with zero attached hydrogens (tertiary/aromatic N) is 2. The number of carbonyl (C=O) groups excluding carboxylic acids is 2. The number of rotatable bonds is 7. The van der Waals surface area contributed by atoms with E-state index >= 15 is 0 Å². The molecule has 0 saturated heterocycles. The Balaban J connectivity index is 1.65. The van der Waals surface area contributed by atoms with Crippen LogP contribution in [-0.2, 0) is 4.74 Å². The largest absolute Gasteiger partial charge is 0.465 e. The summed E-state index contributed by atoms with van der Waals surface area (Å²) in [6, 6.07) is 6.17. The SMILES string of the molecule is COC(=O)c1ccc2ncc(N/C=C(\C=N)c3cc(C(=O)NC4CC4)c(F)cc3C)n2c1. The molecule has 0 bridgehead atoms. The first-order chi connectivity index (χ1) is 15.4. The second-order valence-electron chi connectivity index (χ2n) is 7.56. The highest BCUT2D eigenvalue weighted by Crippen LogP contribution is 2.24. The maximum Gasteiger partial charge on any atom is 0.339 e. The third kappa shape index (κ3) is 4.22. The number of methoxy groups -OCH3 is 1. The molecule has 1 saturated carbocycles. The van der Waals surface area contributed by atoms with Gasteiger partial charge in [0.25, 0.3) is 5.91 Å². The van der Waals surface area contributed by atoms with Crippen LogP contribution in [0.1, 0.15) is 44.7 Å². The first kappa shape index (κ1) is 21.2. The van der Waals surface area contributed by atoms with E-state index in [1.165, 1.54) is 19.2 Å². The molecule has 3 aromatic rings. The number of hydrogen-bond acceptors (Lipinski definition) is 6. The van der Waals surface area contributed by atoms with E-state index in [2.05, 4.69) is 15.6 Å². The monoisotopic (exact) mass is 435 g/mol. The van der Waals surface area contributed by atoms with Gasteiger partial charge in [0, 0.05) is 30.2 Å². The van der Waals surface area contributed by atoms with Gasteiger partial charge in [-0.3, -0.25) is 9.20 Å². The molecular weight excluding hydrogens is 413 g/mol. The average Bonchev–Trinajstić information content (AvgIpc) is 3.51. The molecule has 3 N–H and O–H groups in total. The summed E-state index contributed by atoms with van der Waals surface area (Å²) in [4.78, 5) is 28.5. The summed E-state index contributed by atoms with van der Waals surface area (Å²) < 4.78 is 20.9. The van der Waals surface area contributed by atoms with Crippen LogP contribution in [0.2, 0.25) is 0 Å². The number of allylic oxidation sites excluding steroid dienone is 1. The molecule has 0 spiro atoms. The van der Waals surface area contributed by atoms with Crippen molar-refractivity contribution in [1.29, 1.82) is 5.41 Å². The molecule has 1 aliphatic rings. The van der Waals surface area contributed by atoms with E-state index in [0.717, 1.165) is 19.1 Å². The Bertz CT molecular complexity index is 1260. The summed E-state index contributed by atoms with van der Waals surface area (Å²) in [7, 11) is 1.31. The number of aryl methyl sites for hydroxylation is 1. The lowest BCUT2D eigenvalue weighted by molar-refractivity contribution is 0.0600. The van der Waals surface area contributed by atoms with Gasteiger partial charge in [0.2, 0.25) is 0 Å². The van der Waals surface area contributed by atoms with Crippen LogP contribution in [0.3, 0.4) is 0 Å². The zero-order valence-electron chi connectivity index (χ0n) is 17.6. The molecule has 32 heavy (non-hydrogen) atoms. The highest BCUT2D eigenvalue weighted by atomic mass is 19.1. The van der Waals surface area contributed by atoms with Gasteiger partial charge in [-0.05, 0) is 55.2 Å². The number of amides is 1. The van der Waals surface area contributed by atoms with E-state index in [9.17, 15) is 14.0 Å². The molecule has 9 heteroatoms. The minimum Gasteiger partial charge on any atom is -0.465 e. The van der Waals surface area contributed by atoms with Crippen LogP contribution in [0.5, 0.6) is 0 Å². The average molecular weight is 435 g/mol. The molecule has 0 radical (unpaired) electrons. The van der Waals surface area contributed by atoms with E-state index in [1.807, 2.05) is 0 Å². The van der Waals surface area contributed by atoms with Gasteiger partial charge in [-0.2, -0.15) is 0 Å². The fourth-order valence-corrected chi connectivity index (χ4v) is 3.32. The Labute approximate surface area is 183 Å². The number of anilines is 1. The van der Waals surface area contributed by atoms with Crippen LogP contribution in [0, 0.1) is 18.2 Å². The molecule has 2 heterocycles. The topological polar surface area (TPSA) is 109 Å². The maximum atomic E-state index is 14.4. The number of hydrogen-bond donors (Lipinski definition) is 3. The van der Waals surface area contributed by atoms with Gasteiger partial charge in [-0.25, -0.2) is 14.2 Å². The Kier molecular flexibility index (Phi) is 5.72. The lowest BCUT2D eigenvalue weighted by atomic mass is 9.98. The van der Waals surface area contributed by atoms with Crippen LogP contribution in [0.15, 0.2) is 42.9 Å². The second kappa shape index (κ2) is 8.62. The van der Waals surface area contributed by atoms with Gasteiger partial charge in [-0.15, -0.1) is 0 Å². The molecule has 164 valence electrons. The van der Waals surface area contributed by atoms with Crippen molar-refractivity contribution < 1.29 is 18.7 Å². The minimum absolute atomic E-state index is 0.0530. The Hall–Kier alpha value is -4.01. The molecule has 0 unspecified atom stereocenters. The molecular formula is C23H22FN5O3. The van der Waals surface area contributed by atoms with Crippen molar-refractivity contribution in [2.75, 3.05) is 12.4 Å². The standard InChI is InChI=1S/C23H22FN5O3/c1-13-7-19(24)18(22(30)28-16-4-5-16)8-17(13)15(9-25)10-26-21-11-27-20-6-3-14(12-29(20)21)23(31)32-2/h3,6-12,16,25-26H,4-5H2,1-2H3,(H,28,30)/b15-10+,25-9?. The molecule has 0 aliphatic heterocycles. The summed E-state index contributed by atoms with van der Waals surface area (Å²) in [6.07, 6.45) is 7.68. The van der Waals surface area contributed by atoms with Gasteiger partial charge in [-0.1, -0.05) is 0 Å². The number of fused-ring (bicyclic) bond motifs is 1. The van der Waals surface area contributed by atoms with Crippen molar-refractivity contribution in [3.8, 4) is 0 Å². The number of aromatic nitrogens is 2. The van der Waals surface area contributed by atoms with Gasteiger partial charge in [0.15, 0.2) is 0 Å². The highest BCUT2D eigenvalue weighted by molar-refractivity contribution is 6.10. The zero-order valence-corrected chi connectivity index (χ0v) is 17.6. The number of pyridine rings is 1. The highest BCUT2D eigenvalue weighted by Gasteiger charge is 2.25. The molecule has 1 aliphatic carbocycles. The Morgan fingerprint density at radius 1 is 1.28 bits per heavy atom. The van der Waals surface area contributed by atoms with Crippen molar-refractivity contribution >= 4 is 35.1 Å². The molecule has 1 fully saturated rings. The molecule has 1 aromatic carbocycles. The van der Waals surface area contributed by atoms with Gasteiger partial charge >= 0.3 is 5.97 Å². The lowest BCUT2D eigenvalue weighted by Crippen LogP contribution is -2.26. The van der Waals surface area contributed by atoms with Crippen molar-refractivity contribution in [3.05, 3.63) is 70.9 Å². The Morgan fingerprint density at radius 3 is 2.75 bits per heavy atom. The van der Waals surface area contributed by atoms with Crippen molar-refractivity contribution in [2.24, 2.45) is 0 Å². The van der Waals surface area contributed by atoms with Crippen LogP contribution in [0.25, 0.3) is 11.2 Å². The fraction of sp³-hybridized carbons (Fsp3) is 0.217. The number of imidazole rings is 1. The van der Waals surface area contributed by atoms with Crippen molar-refractivity contribution in [1.82, 2.24) is 14.7 Å². The van der Waals surface area contributed by atoms with E-state index in [1.54, 1.807) is 42.1 Å². The van der Waals surface area contributed by atoms with E-state index in [4.69, 9.17) is 10.1 Å². The van der Waals surface area contributed by atoms with E-state index < -0.39 is 17.7 Å². The van der Waals surface area contributed by atoms with Crippen LogP contribution >= 0.6 is 0 Å². The first-order valence-corrected chi connectivity index (χ1v) is 10.0. The molecule has 2 aromatic heterocycles. The van der Waals surface area contributed by atoms with Crippen molar-refractivity contribution in [2.45, 2.75) is 25.8 Å². The third-order valence-corrected chi connectivity index (χ3v) is 5.24. The maximum absolute atomic E-state index is 14.4. The molecule has 0 atom stereocenters. The predicted molar refractivity (Wildman–Crippen MR) is 119 cm³/mol. The summed E-state index contributed by atoms with van der Waals surface area (Å²) >= 11 is 0. The Morgan fingerprint density at radius 2 is 2.06 bits per heavy atom. The minimum atomic E-state index is -0.598. The van der Waals surface area contributed by atoms with Gasteiger partial charge in [0.1, 0.15) is 17.3 Å². The smallest absolute Gasteiger partial charge is 0.339 e. The second-order valence-corrected chi connectivity index (χ2v) is 7.56. The van der Waals surface area contributed by atoms with Crippen LogP contribution in [0.4, 0.5) is 10.2 Å². The summed E-state index contributed by atoms with van der Waals surface area (Å²) in [5.74, 6) is -0.975. The van der Waals surface area contributed by atoms with E-state index in [-0.39, 0.29) is 11.6 Å². The third-order valence-electron chi connectivity index (χ3n) is 5.24. The number of nitrogens with one attached hydrogen (secondary N) is 3. The van der Waals surface area contributed by atoms with Crippen LogP contribution in [-0.4, -0.2) is 40.6 Å². The number of carbonyl (C=O) groups is 2. The van der Waals surface area contributed by atoms with Crippen molar-refractivity contribution in [3.63, 3.8) is 0 Å². The molecule has 1 amide bonds. The molecule has 4 rings (SSSR count). The summed E-state index contributed by atoms with van der Waals surface area (Å²) in [5, 5.41) is 13.7. The summed E-state index contributed by atoms with van der Waals surface area (Å²) in [5.41, 5.74) is 2.51. The summed E-state index contributed by atoms with van der Waals surface area (Å²) in [6.45, 7) is 1.72. The number of esters is 1. The van der Waals surface area contributed by atoms with E-state index in [0.29, 0.717) is 33.7 Å². The number of benzene rings is 1. The first-order valence-electron chi connectivity index (χ1n) is 10.0. The quantitative estimate of drug-likeness (QED) is 0.388. The molecule has 8 nitrogen and oxygen atoms in total. The van der Waals surface area contributed by atoms with Gasteiger partial charge < -0.3 is 20.8 Å². The number of ether oxygens (including phenoxy) is 1. The lowest BCUT2D eigenvalue weighted by Gasteiger charge is -2.12.